The van der Waals surface area contributed by atoms with Gasteiger partial charge in [-0.05, 0) is 51.0 Å². The Morgan fingerprint density at radius 1 is 1.00 bits per heavy atom. The summed E-state index contributed by atoms with van der Waals surface area (Å²) in [5.74, 6) is -3.63. The fourth-order valence-corrected chi connectivity index (χ4v) is 7.05. The topological polar surface area (TPSA) is 146 Å². The number of aliphatic hydroxyl groups excluding tert-OH is 1. The van der Waals surface area contributed by atoms with Gasteiger partial charge in [0, 0.05) is 12.0 Å². The molecule has 0 saturated carbocycles. The van der Waals surface area contributed by atoms with Gasteiger partial charge < -0.3 is 34.8 Å². The minimum atomic E-state index is -1.35. The Balaban J connectivity index is 0.00000433. The number of methoxy groups -OCH3 is 1. The first-order chi connectivity index (χ1) is 22.0. The molecule has 0 unspecified atom stereocenters. The first-order valence-electron chi connectivity index (χ1n) is 15.4. The van der Waals surface area contributed by atoms with E-state index in [0.717, 1.165) is 45.1 Å². The fourth-order valence-electron chi connectivity index (χ4n) is 7.05. The van der Waals surface area contributed by atoms with Gasteiger partial charge in [0.1, 0.15) is 5.92 Å². The number of Topliss-reactive ketones (excluding diaryl/α,β-unsaturated/α-hetero) is 1. The Morgan fingerprint density at radius 2 is 1.70 bits per heavy atom. The first kappa shape index (κ1) is 34.3. The zero-order valence-electron chi connectivity index (χ0n) is 27.6. The molecule has 3 aromatic heterocycles. The van der Waals surface area contributed by atoms with E-state index in [0.29, 0.717) is 51.6 Å². The fraction of sp³-hybridized carbons (Fsp3) is 0.361. The van der Waals surface area contributed by atoms with Crippen LogP contribution in [0.25, 0.3) is 35.2 Å². The summed E-state index contributed by atoms with van der Waals surface area (Å²) >= 11 is 0. The van der Waals surface area contributed by atoms with Gasteiger partial charge in [-0.2, -0.15) is 11.4 Å². The van der Waals surface area contributed by atoms with Crippen molar-refractivity contribution in [3.63, 3.8) is 0 Å². The van der Waals surface area contributed by atoms with Gasteiger partial charge in [0.25, 0.3) is 0 Å². The summed E-state index contributed by atoms with van der Waals surface area (Å²) in [5, 5.41) is 16.1. The van der Waals surface area contributed by atoms with Crippen LogP contribution in [0.3, 0.4) is 0 Å². The molecule has 47 heavy (non-hydrogen) atoms. The Hall–Kier alpha value is -4.06. The third kappa shape index (κ3) is 5.53. The molecule has 11 heteroatoms. The van der Waals surface area contributed by atoms with Crippen molar-refractivity contribution in [2.45, 2.75) is 53.9 Å². The molecule has 0 spiro atoms. The van der Waals surface area contributed by atoms with Gasteiger partial charge in [0.2, 0.25) is 0 Å². The second-order valence-electron chi connectivity index (χ2n) is 12.0. The molecule has 1 aliphatic carbocycles. The van der Waals surface area contributed by atoms with E-state index in [2.05, 4.69) is 13.5 Å². The van der Waals surface area contributed by atoms with E-state index in [-0.39, 0.29) is 47.3 Å². The molecule has 1 fully saturated rings. The van der Waals surface area contributed by atoms with Crippen LogP contribution in [0, 0.1) is 38.5 Å². The number of ether oxygens (including phenoxy) is 2. The van der Waals surface area contributed by atoms with E-state index in [9.17, 15) is 19.5 Å². The zero-order valence-corrected chi connectivity index (χ0v) is 29.0. The van der Waals surface area contributed by atoms with Gasteiger partial charge in [-0.3, -0.25) is 14.4 Å². The molecule has 0 radical (unpaired) electrons. The molecule has 1 saturated heterocycles. The van der Waals surface area contributed by atoms with Crippen molar-refractivity contribution in [2.75, 3.05) is 13.9 Å². The number of allylic oxidation sites excluding steroid dienone is 2. The molecule has 3 atom stereocenters. The molecule has 5 heterocycles. The number of ketones is 1. The molecule has 6 rings (SSSR count). The Morgan fingerprint density at radius 3 is 2.36 bits per heavy atom. The number of esters is 2. The predicted molar refractivity (Wildman–Crippen MR) is 178 cm³/mol. The van der Waals surface area contributed by atoms with Gasteiger partial charge in [0.05, 0.1) is 7.11 Å². The summed E-state index contributed by atoms with van der Waals surface area (Å²) < 4.78 is 9.94. The number of carbonyl (C=O) groups is 3. The third-order valence-electron chi connectivity index (χ3n) is 9.64. The van der Waals surface area contributed by atoms with Crippen molar-refractivity contribution >= 4 is 70.7 Å². The van der Waals surface area contributed by atoms with Crippen molar-refractivity contribution in [3.05, 3.63) is 90.1 Å². The van der Waals surface area contributed by atoms with E-state index >= 15 is 0 Å². The van der Waals surface area contributed by atoms with E-state index in [1.165, 1.54) is 7.11 Å². The van der Waals surface area contributed by atoms with E-state index in [1.807, 2.05) is 45.9 Å². The van der Waals surface area contributed by atoms with Crippen LogP contribution in [0.5, 0.6) is 0 Å². The van der Waals surface area contributed by atoms with Crippen LogP contribution in [-0.2, 0) is 25.5 Å². The van der Waals surface area contributed by atoms with E-state index in [1.54, 1.807) is 6.08 Å². The summed E-state index contributed by atoms with van der Waals surface area (Å²) in [6.07, 6.45) is 8.79. The molecule has 2 aliphatic heterocycles. The van der Waals surface area contributed by atoms with E-state index < -0.39 is 24.5 Å². The number of fused-ring (bicyclic) bond motifs is 7. The maximum absolute atomic E-state index is 14.1. The molecular formula is C36H36MgN4O6-2. The molecule has 240 valence electrons. The molecule has 0 aromatic carbocycles. The number of aliphatic hydroxyl groups is 1. The molecular weight excluding hydrogens is 609 g/mol. The summed E-state index contributed by atoms with van der Waals surface area (Å²) in [6.45, 7) is 13.1. The van der Waals surface area contributed by atoms with Crippen molar-refractivity contribution in [1.29, 1.82) is 0 Å². The number of hydrogen-bond acceptors (Lipinski definition) is 6. The van der Waals surface area contributed by atoms with Gasteiger partial charge >= 0.3 is 35.0 Å². The van der Waals surface area contributed by atoms with Crippen LogP contribution in [-0.4, -0.2) is 59.8 Å². The normalized spacial score (nSPS) is 23.4. The van der Waals surface area contributed by atoms with E-state index in [4.69, 9.17) is 29.7 Å². The second-order valence-corrected chi connectivity index (χ2v) is 12.0. The van der Waals surface area contributed by atoms with Gasteiger partial charge in [-0.15, -0.1) is 33.5 Å². The van der Waals surface area contributed by atoms with Gasteiger partial charge in [0.15, 0.2) is 12.6 Å². The maximum Gasteiger partial charge on any atom is 2.00 e. The van der Waals surface area contributed by atoms with Crippen LogP contribution >= 0.6 is 0 Å². The number of carbonyl (C=O) groups excluding carboxylic acids is 3. The third-order valence-corrected chi connectivity index (χ3v) is 9.64. The minimum Gasteiger partial charge on any atom is -0.664 e. The Bertz CT molecular complexity index is 2010. The van der Waals surface area contributed by atoms with Crippen LogP contribution < -0.4 is 25.7 Å². The average molecular weight is 645 g/mol. The Kier molecular flexibility index (Phi) is 9.63. The van der Waals surface area contributed by atoms with Crippen molar-refractivity contribution < 1.29 is 29.0 Å². The molecule has 10 nitrogen and oxygen atoms in total. The van der Waals surface area contributed by atoms with Crippen molar-refractivity contribution in [1.82, 2.24) is 15.0 Å². The largest absolute Gasteiger partial charge is 2.00 e. The number of nitrogens with zero attached hydrogens (tertiary/aromatic N) is 4. The standard InChI is InChI=1S/C36H37N4O6.Mg/c1-8-20-16(3)23-12-25-18(5)22(10-11-29(42)45-7)33(39-25)31-32(36(44)46-15-41)35(43)30-19(6)26(40-34(30)31)14-28-21(9-2)17(4)24(38-28)13-27(20)37-23;/h8,12-14,18,22,32,41H,1,9-11,15H2,2-7H3,(H-,39,40,43);/q-3;+2/p-1/b24-13-,25-12-,28-14-;/t18-,22-,32+;/m0./s1. The number of hydrogen-bond donors (Lipinski definition) is 1. The first-order valence-corrected chi connectivity index (χ1v) is 15.4. The minimum absolute atomic E-state index is 0. The smallest absolute Gasteiger partial charge is 0.664 e. The quantitative estimate of drug-likeness (QED) is 0.178. The monoisotopic (exact) mass is 644 g/mol. The summed E-state index contributed by atoms with van der Waals surface area (Å²) in [7, 11) is 1.34. The van der Waals surface area contributed by atoms with Crippen LogP contribution in [0.2, 0.25) is 0 Å². The maximum atomic E-state index is 14.1. The van der Waals surface area contributed by atoms with Crippen LogP contribution in [0.4, 0.5) is 0 Å². The second kappa shape index (κ2) is 13.2. The van der Waals surface area contributed by atoms with Crippen molar-refractivity contribution in [2.24, 2.45) is 17.8 Å². The summed E-state index contributed by atoms with van der Waals surface area (Å²) in [6, 6.07) is 0. The molecule has 0 amide bonds. The SMILES string of the molecule is C=Cc1c2[n-]c(c1C)/C=C1\[N-]/C(=C3\c4[n-]c(c(C)c4C(=O)[C@@H]3C(=O)OCO)/C=c3\[n-]/c(c(C)c3CC)=C\2)[C@@H](CCC(=O)OC)[C@@H]1C.[Mg+2]. The molecule has 8 bridgehead atoms. The predicted octanol–water partition coefficient (Wildman–Crippen LogP) is 2.93. The molecule has 3 aliphatic rings. The van der Waals surface area contributed by atoms with Gasteiger partial charge in [-0.25, -0.2) is 0 Å². The van der Waals surface area contributed by atoms with Crippen molar-refractivity contribution in [3.8, 4) is 0 Å². The average Bonchev–Trinajstić information content (AvgIpc) is 3.77. The number of rotatable bonds is 7. The zero-order chi connectivity index (χ0) is 33.0. The summed E-state index contributed by atoms with van der Waals surface area (Å²) in [4.78, 5) is 54.6. The van der Waals surface area contributed by atoms with Crippen LogP contribution in [0.1, 0.15) is 87.6 Å². The summed E-state index contributed by atoms with van der Waals surface area (Å²) in [5.41, 5.74) is 8.78. The Labute approximate surface area is 289 Å². The number of aromatic nitrogens is 3. The van der Waals surface area contributed by atoms with Crippen LogP contribution in [0.15, 0.2) is 18.0 Å². The van der Waals surface area contributed by atoms with Gasteiger partial charge in [-0.1, -0.05) is 72.6 Å². The molecule has 3 aromatic rings. The molecule has 1 N–H and O–H groups in total.